The van der Waals surface area contributed by atoms with E-state index in [4.69, 9.17) is 5.73 Å². The Balaban J connectivity index is 2.80. The number of aromatic amines is 1. The number of nitrogens with one attached hydrogen (secondary N) is 1. The average molecular weight is 167 g/mol. The second-order valence-corrected chi connectivity index (χ2v) is 3.34. The Morgan fingerprint density at radius 1 is 1.58 bits per heavy atom. The van der Waals surface area contributed by atoms with Crippen LogP contribution in [0.3, 0.4) is 0 Å². The quantitative estimate of drug-likeness (QED) is 0.725. The molecular formula is C9H17N3. The Kier molecular flexibility index (Phi) is 2.74. The third-order valence-corrected chi connectivity index (χ3v) is 2.30. The van der Waals surface area contributed by atoms with Crippen LogP contribution in [0.5, 0.6) is 0 Å². The lowest BCUT2D eigenvalue weighted by molar-refractivity contribution is 0.642. The second-order valence-electron chi connectivity index (χ2n) is 3.34. The van der Waals surface area contributed by atoms with Crippen molar-refractivity contribution < 1.29 is 0 Å². The lowest BCUT2D eigenvalue weighted by atomic mass is 9.99. The smallest absolute Gasteiger partial charge is 0.148 e. The molecule has 1 aromatic rings. The summed E-state index contributed by atoms with van der Waals surface area (Å²) in [4.78, 5) is 0. The van der Waals surface area contributed by atoms with Crippen molar-refractivity contribution in [3.8, 4) is 0 Å². The molecule has 68 valence electrons. The van der Waals surface area contributed by atoms with Gasteiger partial charge in [-0.25, -0.2) is 0 Å². The summed E-state index contributed by atoms with van der Waals surface area (Å²) in [5.74, 6) is 1.17. The first kappa shape index (κ1) is 9.10. The van der Waals surface area contributed by atoms with Crippen molar-refractivity contribution >= 4 is 5.82 Å². The molecular weight excluding hydrogens is 150 g/mol. The van der Waals surface area contributed by atoms with Gasteiger partial charge in [0.2, 0.25) is 0 Å². The summed E-state index contributed by atoms with van der Waals surface area (Å²) >= 11 is 0. The number of nitrogens with zero attached hydrogens (tertiary/aromatic N) is 1. The minimum atomic E-state index is 0.541. The number of nitrogen functional groups attached to an aromatic ring is 1. The SMILES string of the molecule is CCCC(C)c1[nH]nc(N)c1C. The van der Waals surface area contributed by atoms with Gasteiger partial charge >= 0.3 is 0 Å². The van der Waals surface area contributed by atoms with Gasteiger partial charge in [-0.15, -0.1) is 0 Å². The molecule has 0 amide bonds. The topological polar surface area (TPSA) is 54.7 Å². The Morgan fingerprint density at radius 3 is 2.67 bits per heavy atom. The molecule has 3 heteroatoms. The first-order valence-electron chi connectivity index (χ1n) is 4.47. The van der Waals surface area contributed by atoms with Crippen LogP contribution in [-0.2, 0) is 0 Å². The van der Waals surface area contributed by atoms with Gasteiger partial charge in [-0.3, -0.25) is 5.10 Å². The van der Waals surface area contributed by atoms with Crippen molar-refractivity contribution in [1.29, 1.82) is 0 Å². The Morgan fingerprint density at radius 2 is 2.25 bits per heavy atom. The number of anilines is 1. The molecule has 0 bridgehead atoms. The van der Waals surface area contributed by atoms with Crippen molar-refractivity contribution in [3.63, 3.8) is 0 Å². The lowest BCUT2D eigenvalue weighted by Gasteiger charge is -2.07. The Bertz CT molecular complexity index is 252. The second kappa shape index (κ2) is 3.61. The maximum absolute atomic E-state index is 5.63. The molecule has 0 fully saturated rings. The molecule has 1 atom stereocenters. The molecule has 0 aliphatic heterocycles. The average Bonchev–Trinajstić information content (AvgIpc) is 2.34. The van der Waals surface area contributed by atoms with E-state index in [1.807, 2.05) is 6.92 Å². The minimum Gasteiger partial charge on any atom is -0.382 e. The third kappa shape index (κ3) is 1.60. The van der Waals surface area contributed by atoms with Crippen LogP contribution >= 0.6 is 0 Å². The maximum atomic E-state index is 5.63. The number of H-pyrrole nitrogens is 1. The van der Waals surface area contributed by atoms with E-state index in [0.29, 0.717) is 11.7 Å². The Labute approximate surface area is 73.4 Å². The summed E-state index contributed by atoms with van der Waals surface area (Å²) in [5, 5.41) is 6.96. The van der Waals surface area contributed by atoms with E-state index < -0.39 is 0 Å². The molecule has 0 saturated heterocycles. The predicted octanol–water partition coefficient (Wildman–Crippen LogP) is 2.20. The molecule has 1 rings (SSSR count). The van der Waals surface area contributed by atoms with E-state index in [2.05, 4.69) is 24.0 Å². The summed E-state index contributed by atoms with van der Waals surface area (Å²) in [6.45, 7) is 6.40. The van der Waals surface area contributed by atoms with Crippen LogP contribution in [0.15, 0.2) is 0 Å². The molecule has 0 aliphatic carbocycles. The highest BCUT2D eigenvalue weighted by molar-refractivity contribution is 5.41. The Hall–Kier alpha value is -0.990. The summed E-state index contributed by atoms with van der Waals surface area (Å²) in [6, 6.07) is 0. The summed E-state index contributed by atoms with van der Waals surface area (Å²) < 4.78 is 0. The summed E-state index contributed by atoms with van der Waals surface area (Å²) in [5.41, 5.74) is 7.93. The van der Waals surface area contributed by atoms with E-state index in [0.717, 1.165) is 5.56 Å². The highest BCUT2D eigenvalue weighted by atomic mass is 15.2. The van der Waals surface area contributed by atoms with Crippen molar-refractivity contribution in [1.82, 2.24) is 10.2 Å². The molecule has 1 unspecified atom stereocenters. The standard InChI is InChI=1S/C9H17N3/c1-4-5-6(2)8-7(3)9(10)12-11-8/h6H,4-5H2,1-3H3,(H3,10,11,12). The van der Waals surface area contributed by atoms with E-state index in [1.54, 1.807) is 0 Å². The van der Waals surface area contributed by atoms with Gasteiger partial charge in [0.1, 0.15) is 5.82 Å². The zero-order valence-electron chi connectivity index (χ0n) is 8.02. The van der Waals surface area contributed by atoms with E-state index in [1.165, 1.54) is 18.5 Å². The van der Waals surface area contributed by atoms with E-state index in [-0.39, 0.29) is 0 Å². The van der Waals surface area contributed by atoms with Gasteiger partial charge in [-0.1, -0.05) is 20.3 Å². The van der Waals surface area contributed by atoms with Crippen LogP contribution < -0.4 is 5.73 Å². The van der Waals surface area contributed by atoms with Crippen molar-refractivity contribution in [2.75, 3.05) is 5.73 Å². The molecule has 3 nitrogen and oxygen atoms in total. The summed E-state index contributed by atoms with van der Waals surface area (Å²) in [7, 11) is 0. The van der Waals surface area contributed by atoms with Gasteiger partial charge in [0.25, 0.3) is 0 Å². The minimum absolute atomic E-state index is 0.541. The van der Waals surface area contributed by atoms with E-state index >= 15 is 0 Å². The van der Waals surface area contributed by atoms with Crippen LogP contribution in [0.4, 0.5) is 5.82 Å². The van der Waals surface area contributed by atoms with Crippen LogP contribution in [0, 0.1) is 6.92 Å². The number of hydrogen-bond acceptors (Lipinski definition) is 2. The predicted molar refractivity (Wildman–Crippen MR) is 51.1 cm³/mol. The van der Waals surface area contributed by atoms with Crippen molar-refractivity contribution in [2.24, 2.45) is 0 Å². The maximum Gasteiger partial charge on any atom is 0.148 e. The molecule has 0 radical (unpaired) electrons. The first-order valence-corrected chi connectivity index (χ1v) is 4.47. The zero-order valence-corrected chi connectivity index (χ0v) is 8.02. The normalized spacial score (nSPS) is 13.2. The van der Waals surface area contributed by atoms with Crippen LogP contribution in [0.25, 0.3) is 0 Å². The van der Waals surface area contributed by atoms with Gasteiger partial charge in [0.15, 0.2) is 0 Å². The highest BCUT2D eigenvalue weighted by Gasteiger charge is 2.11. The van der Waals surface area contributed by atoms with Crippen LogP contribution in [-0.4, -0.2) is 10.2 Å². The largest absolute Gasteiger partial charge is 0.382 e. The zero-order chi connectivity index (χ0) is 9.14. The molecule has 0 aromatic carbocycles. The fraction of sp³-hybridized carbons (Fsp3) is 0.667. The highest BCUT2D eigenvalue weighted by Crippen LogP contribution is 2.24. The molecule has 1 aromatic heterocycles. The van der Waals surface area contributed by atoms with E-state index in [9.17, 15) is 0 Å². The third-order valence-electron chi connectivity index (χ3n) is 2.30. The van der Waals surface area contributed by atoms with Gasteiger partial charge < -0.3 is 5.73 Å². The van der Waals surface area contributed by atoms with Gasteiger partial charge in [0, 0.05) is 11.3 Å². The fourth-order valence-corrected chi connectivity index (χ4v) is 1.48. The van der Waals surface area contributed by atoms with Crippen LogP contribution in [0.1, 0.15) is 43.9 Å². The molecule has 0 saturated carbocycles. The monoisotopic (exact) mass is 167 g/mol. The number of aromatic nitrogens is 2. The molecule has 12 heavy (non-hydrogen) atoms. The fourth-order valence-electron chi connectivity index (χ4n) is 1.48. The lowest BCUT2D eigenvalue weighted by Crippen LogP contribution is -1.96. The van der Waals surface area contributed by atoms with Gasteiger partial charge in [-0.2, -0.15) is 5.10 Å². The summed E-state index contributed by atoms with van der Waals surface area (Å²) in [6.07, 6.45) is 2.38. The number of hydrogen-bond donors (Lipinski definition) is 2. The molecule has 1 heterocycles. The molecule has 3 N–H and O–H groups in total. The number of rotatable bonds is 3. The first-order chi connectivity index (χ1) is 5.66. The van der Waals surface area contributed by atoms with Crippen molar-refractivity contribution in [2.45, 2.75) is 39.5 Å². The van der Waals surface area contributed by atoms with Gasteiger partial charge in [-0.05, 0) is 19.3 Å². The van der Waals surface area contributed by atoms with Gasteiger partial charge in [0.05, 0.1) is 0 Å². The molecule has 0 spiro atoms. The van der Waals surface area contributed by atoms with Crippen molar-refractivity contribution in [3.05, 3.63) is 11.3 Å². The number of nitrogens with two attached hydrogens (primary N) is 1. The van der Waals surface area contributed by atoms with Crippen LogP contribution in [0.2, 0.25) is 0 Å². The molecule has 0 aliphatic rings.